The second-order valence-electron chi connectivity index (χ2n) is 4.17. The molecule has 0 fully saturated rings. The number of thioether (sulfide) groups is 1. The van der Waals surface area contributed by atoms with Crippen LogP contribution in [0.2, 0.25) is 0 Å². The van der Waals surface area contributed by atoms with E-state index in [1.165, 1.54) is 0 Å². The van der Waals surface area contributed by atoms with Crippen LogP contribution in [0.5, 0.6) is 0 Å². The molecule has 1 aromatic heterocycles. The molecule has 0 aliphatic carbocycles. The molecule has 2 atom stereocenters. The first-order chi connectivity index (χ1) is 7.47. The molecule has 2 unspecified atom stereocenters. The van der Waals surface area contributed by atoms with Crippen LogP contribution in [-0.4, -0.2) is 26.1 Å². The van der Waals surface area contributed by atoms with E-state index >= 15 is 0 Å². The predicted molar refractivity (Wildman–Crippen MR) is 66.8 cm³/mol. The lowest BCUT2D eigenvalue weighted by atomic mass is 10.2. The van der Waals surface area contributed by atoms with Crippen molar-refractivity contribution in [3.63, 3.8) is 0 Å². The van der Waals surface area contributed by atoms with Crippen LogP contribution in [0, 0.1) is 0 Å². The van der Waals surface area contributed by atoms with E-state index in [1.54, 1.807) is 16.3 Å². The third-order valence-corrected chi connectivity index (χ3v) is 3.77. The van der Waals surface area contributed by atoms with Crippen LogP contribution in [0.4, 0.5) is 0 Å². The summed E-state index contributed by atoms with van der Waals surface area (Å²) in [5.74, 6) is 0. The third-order valence-electron chi connectivity index (χ3n) is 2.55. The van der Waals surface area contributed by atoms with Gasteiger partial charge in [0.15, 0.2) is 5.16 Å². The van der Waals surface area contributed by atoms with E-state index in [1.807, 2.05) is 13.8 Å². The van der Waals surface area contributed by atoms with E-state index < -0.39 is 0 Å². The Morgan fingerprint density at radius 3 is 2.62 bits per heavy atom. The van der Waals surface area contributed by atoms with Gasteiger partial charge in [-0.2, -0.15) is 0 Å². The molecule has 0 spiro atoms. The minimum Gasteiger partial charge on any atom is -0.327 e. The number of aromatic nitrogens is 3. The summed E-state index contributed by atoms with van der Waals surface area (Å²) in [6, 6.07) is 0.233. The van der Waals surface area contributed by atoms with Gasteiger partial charge in [-0.25, -0.2) is 9.89 Å². The molecule has 0 amide bonds. The fourth-order valence-electron chi connectivity index (χ4n) is 1.41. The van der Waals surface area contributed by atoms with Crippen molar-refractivity contribution in [1.29, 1.82) is 0 Å². The first-order valence-corrected chi connectivity index (χ1v) is 6.44. The van der Waals surface area contributed by atoms with Gasteiger partial charge in [0.05, 0.1) is 0 Å². The molecule has 92 valence electrons. The predicted octanol–water partition coefficient (Wildman–Crippen LogP) is 1.37. The van der Waals surface area contributed by atoms with E-state index in [-0.39, 0.29) is 23.0 Å². The number of nitrogens with zero attached hydrogens (tertiary/aromatic N) is 2. The fraction of sp³-hybridized carbons (Fsp3) is 0.800. The third kappa shape index (κ3) is 2.89. The van der Waals surface area contributed by atoms with Crippen LogP contribution in [0.3, 0.4) is 0 Å². The lowest BCUT2D eigenvalue weighted by Gasteiger charge is -2.18. The van der Waals surface area contributed by atoms with Crippen molar-refractivity contribution < 1.29 is 0 Å². The van der Waals surface area contributed by atoms with Crippen molar-refractivity contribution in [3.05, 3.63) is 10.5 Å². The maximum Gasteiger partial charge on any atom is 0.344 e. The number of hydrogen-bond donors (Lipinski definition) is 2. The highest BCUT2D eigenvalue weighted by Crippen LogP contribution is 2.24. The molecular weight excluding hydrogens is 224 g/mol. The van der Waals surface area contributed by atoms with Crippen molar-refractivity contribution in [3.8, 4) is 0 Å². The molecule has 0 aromatic carbocycles. The Kier molecular flexibility index (Phi) is 4.61. The lowest BCUT2D eigenvalue weighted by Crippen LogP contribution is -2.30. The molecule has 5 nitrogen and oxygen atoms in total. The van der Waals surface area contributed by atoms with Gasteiger partial charge in [-0.15, -0.1) is 5.10 Å². The van der Waals surface area contributed by atoms with Gasteiger partial charge in [0.25, 0.3) is 0 Å². The highest BCUT2D eigenvalue weighted by molar-refractivity contribution is 7.99. The van der Waals surface area contributed by atoms with Crippen molar-refractivity contribution in [2.45, 2.75) is 56.6 Å². The maximum atomic E-state index is 11.5. The lowest BCUT2D eigenvalue weighted by molar-refractivity contribution is 0.531. The van der Waals surface area contributed by atoms with Crippen LogP contribution in [0.25, 0.3) is 0 Å². The number of aromatic amines is 1. The first kappa shape index (κ1) is 13.3. The van der Waals surface area contributed by atoms with E-state index in [0.29, 0.717) is 0 Å². The Labute approximate surface area is 99.8 Å². The zero-order valence-electron chi connectivity index (χ0n) is 10.2. The highest BCUT2D eigenvalue weighted by Gasteiger charge is 2.18. The molecule has 0 aliphatic heterocycles. The normalized spacial score (nSPS) is 15.4. The molecule has 3 N–H and O–H groups in total. The second kappa shape index (κ2) is 5.54. The SMILES string of the molecule is CCC(N)C(C)Sc1n[nH]c(=O)n1C(C)C. The van der Waals surface area contributed by atoms with Gasteiger partial charge in [-0.05, 0) is 20.3 Å². The number of H-pyrrole nitrogens is 1. The maximum absolute atomic E-state index is 11.5. The van der Waals surface area contributed by atoms with Crippen molar-refractivity contribution >= 4 is 11.8 Å². The summed E-state index contributed by atoms with van der Waals surface area (Å²) in [6.07, 6.45) is 0.921. The second-order valence-corrected chi connectivity index (χ2v) is 5.51. The Bertz CT molecular complexity index is 384. The molecule has 0 saturated carbocycles. The Hall–Kier alpha value is -0.750. The van der Waals surface area contributed by atoms with E-state index in [4.69, 9.17) is 5.73 Å². The smallest absolute Gasteiger partial charge is 0.327 e. The summed E-state index contributed by atoms with van der Waals surface area (Å²) in [4.78, 5) is 11.5. The van der Waals surface area contributed by atoms with Crippen LogP contribution < -0.4 is 11.4 Å². The molecule has 16 heavy (non-hydrogen) atoms. The number of hydrogen-bond acceptors (Lipinski definition) is 4. The molecule has 0 radical (unpaired) electrons. The summed E-state index contributed by atoms with van der Waals surface area (Å²) in [6.45, 7) is 8.04. The van der Waals surface area contributed by atoms with Gasteiger partial charge in [0.2, 0.25) is 0 Å². The van der Waals surface area contributed by atoms with E-state index in [9.17, 15) is 4.79 Å². The van der Waals surface area contributed by atoms with Crippen LogP contribution in [0.1, 0.15) is 40.2 Å². The number of rotatable bonds is 5. The minimum atomic E-state index is -0.158. The van der Waals surface area contributed by atoms with Gasteiger partial charge in [-0.1, -0.05) is 25.6 Å². The van der Waals surface area contributed by atoms with Gasteiger partial charge in [0.1, 0.15) is 0 Å². The van der Waals surface area contributed by atoms with Crippen molar-refractivity contribution in [2.75, 3.05) is 0 Å². The highest BCUT2D eigenvalue weighted by atomic mass is 32.2. The summed E-state index contributed by atoms with van der Waals surface area (Å²) in [5, 5.41) is 7.47. The summed E-state index contributed by atoms with van der Waals surface area (Å²) in [5.41, 5.74) is 5.79. The topological polar surface area (TPSA) is 76.7 Å². The molecule has 1 heterocycles. The van der Waals surface area contributed by atoms with Gasteiger partial charge < -0.3 is 5.73 Å². The standard InChI is InChI=1S/C10H20N4OS/c1-5-8(11)7(4)16-10-13-12-9(15)14(10)6(2)3/h6-8H,5,11H2,1-4H3,(H,12,15). The van der Waals surface area contributed by atoms with Crippen molar-refractivity contribution in [2.24, 2.45) is 5.73 Å². The number of nitrogens with two attached hydrogens (primary N) is 1. The zero-order chi connectivity index (χ0) is 12.3. The monoisotopic (exact) mass is 244 g/mol. The zero-order valence-corrected chi connectivity index (χ0v) is 11.0. The summed E-state index contributed by atoms with van der Waals surface area (Å²) >= 11 is 1.55. The Morgan fingerprint density at radius 2 is 2.12 bits per heavy atom. The van der Waals surface area contributed by atoms with Crippen molar-refractivity contribution in [1.82, 2.24) is 14.8 Å². The molecular formula is C10H20N4OS. The van der Waals surface area contributed by atoms with Gasteiger partial charge >= 0.3 is 5.69 Å². The number of nitrogens with one attached hydrogen (secondary N) is 1. The Morgan fingerprint density at radius 1 is 1.50 bits per heavy atom. The van der Waals surface area contributed by atoms with Crippen LogP contribution >= 0.6 is 11.8 Å². The Balaban J connectivity index is 2.85. The molecule has 0 aliphatic rings. The molecule has 1 rings (SSSR count). The average Bonchev–Trinajstić information content (AvgIpc) is 2.58. The molecule has 0 bridgehead atoms. The largest absolute Gasteiger partial charge is 0.344 e. The molecule has 1 aromatic rings. The van der Waals surface area contributed by atoms with Gasteiger partial charge in [-0.3, -0.25) is 4.57 Å². The van der Waals surface area contributed by atoms with Gasteiger partial charge in [0, 0.05) is 17.3 Å². The summed E-state index contributed by atoms with van der Waals surface area (Å²) in [7, 11) is 0. The summed E-state index contributed by atoms with van der Waals surface area (Å²) < 4.78 is 1.66. The average molecular weight is 244 g/mol. The quantitative estimate of drug-likeness (QED) is 0.767. The van der Waals surface area contributed by atoms with E-state index in [0.717, 1.165) is 11.6 Å². The minimum absolute atomic E-state index is 0.110. The molecule has 0 saturated heterocycles. The van der Waals surface area contributed by atoms with Crippen LogP contribution in [0.15, 0.2) is 9.95 Å². The molecule has 6 heteroatoms. The first-order valence-electron chi connectivity index (χ1n) is 5.56. The fourth-order valence-corrected chi connectivity index (χ4v) is 2.62. The van der Waals surface area contributed by atoms with E-state index in [2.05, 4.69) is 24.0 Å². The van der Waals surface area contributed by atoms with Crippen LogP contribution in [-0.2, 0) is 0 Å².